The van der Waals surface area contributed by atoms with Gasteiger partial charge in [-0.05, 0) is 54.5 Å². The topological polar surface area (TPSA) is 62.0 Å². The molecule has 25 heavy (non-hydrogen) atoms. The minimum absolute atomic E-state index is 0.0898. The number of hydrogen-bond acceptors (Lipinski definition) is 2. The lowest BCUT2D eigenvalue weighted by Crippen LogP contribution is -2.17. The molecule has 3 rings (SSSR count). The average molecular weight is 334 g/mol. The summed E-state index contributed by atoms with van der Waals surface area (Å²) in [5.74, 6) is -0.0898. The summed E-state index contributed by atoms with van der Waals surface area (Å²) in [5.41, 5.74) is 4.42. The number of H-pyrrole nitrogens is 1. The summed E-state index contributed by atoms with van der Waals surface area (Å²) in [4.78, 5) is 27.3. The number of carbonyl (C=O) groups excluding carboxylic acids is 1. The van der Waals surface area contributed by atoms with Gasteiger partial charge in [0.1, 0.15) is 0 Å². The number of amides is 1. The SMILES string of the molecule is CCc1ccc(NC(=O)CCc2cc3cccc(C)c3[nH]c2=O)cc1. The number of pyridine rings is 1. The van der Waals surface area contributed by atoms with E-state index in [9.17, 15) is 9.59 Å². The fraction of sp³-hybridized carbons (Fsp3) is 0.238. The largest absolute Gasteiger partial charge is 0.326 e. The van der Waals surface area contributed by atoms with Gasteiger partial charge in [-0.15, -0.1) is 0 Å². The van der Waals surface area contributed by atoms with E-state index in [4.69, 9.17) is 0 Å². The highest BCUT2D eigenvalue weighted by Crippen LogP contribution is 2.16. The van der Waals surface area contributed by atoms with E-state index < -0.39 is 0 Å². The second-order valence-corrected chi connectivity index (χ2v) is 6.26. The van der Waals surface area contributed by atoms with E-state index in [0.29, 0.717) is 12.0 Å². The molecule has 0 aliphatic heterocycles. The van der Waals surface area contributed by atoms with Gasteiger partial charge in [0, 0.05) is 17.7 Å². The molecule has 0 aliphatic carbocycles. The number of aryl methyl sites for hydroxylation is 3. The summed E-state index contributed by atoms with van der Waals surface area (Å²) < 4.78 is 0. The Balaban J connectivity index is 1.68. The van der Waals surface area contributed by atoms with Crippen LogP contribution in [0.3, 0.4) is 0 Å². The summed E-state index contributed by atoms with van der Waals surface area (Å²) in [6.07, 6.45) is 1.66. The molecule has 4 heteroatoms. The first-order valence-electron chi connectivity index (χ1n) is 8.57. The van der Waals surface area contributed by atoms with Crippen LogP contribution in [-0.2, 0) is 17.6 Å². The van der Waals surface area contributed by atoms with Crippen LogP contribution in [0.2, 0.25) is 0 Å². The van der Waals surface area contributed by atoms with Crippen molar-refractivity contribution in [3.63, 3.8) is 0 Å². The molecule has 0 fully saturated rings. The molecule has 0 saturated carbocycles. The highest BCUT2D eigenvalue weighted by Gasteiger charge is 2.08. The summed E-state index contributed by atoms with van der Waals surface area (Å²) in [6.45, 7) is 4.06. The molecule has 1 aromatic heterocycles. The van der Waals surface area contributed by atoms with E-state index in [1.165, 1.54) is 5.56 Å². The molecule has 0 unspecified atom stereocenters. The van der Waals surface area contributed by atoms with E-state index in [1.807, 2.05) is 55.5 Å². The first-order valence-corrected chi connectivity index (χ1v) is 8.57. The maximum atomic E-state index is 12.2. The fourth-order valence-corrected chi connectivity index (χ4v) is 2.91. The molecule has 0 atom stereocenters. The third-order valence-corrected chi connectivity index (χ3v) is 4.43. The van der Waals surface area contributed by atoms with E-state index in [1.54, 1.807) is 0 Å². The van der Waals surface area contributed by atoms with Crippen molar-refractivity contribution in [2.45, 2.75) is 33.1 Å². The Labute approximate surface area is 146 Å². The zero-order valence-corrected chi connectivity index (χ0v) is 14.6. The molecule has 0 saturated heterocycles. The van der Waals surface area contributed by atoms with Crippen molar-refractivity contribution in [2.24, 2.45) is 0 Å². The smallest absolute Gasteiger partial charge is 0.251 e. The van der Waals surface area contributed by atoms with Crippen molar-refractivity contribution in [2.75, 3.05) is 5.32 Å². The van der Waals surface area contributed by atoms with Crippen molar-refractivity contribution in [1.82, 2.24) is 4.98 Å². The highest BCUT2D eigenvalue weighted by molar-refractivity contribution is 5.91. The van der Waals surface area contributed by atoms with Gasteiger partial charge in [-0.1, -0.05) is 37.3 Å². The van der Waals surface area contributed by atoms with Crippen LogP contribution < -0.4 is 10.9 Å². The number of para-hydroxylation sites is 1. The first-order chi connectivity index (χ1) is 12.1. The number of fused-ring (bicyclic) bond motifs is 1. The molecule has 0 radical (unpaired) electrons. The third kappa shape index (κ3) is 3.97. The van der Waals surface area contributed by atoms with Gasteiger partial charge < -0.3 is 10.3 Å². The van der Waals surface area contributed by atoms with Crippen LogP contribution in [0.4, 0.5) is 5.69 Å². The quantitative estimate of drug-likeness (QED) is 0.741. The molecule has 3 aromatic rings. The summed E-state index contributed by atoms with van der Waals surface area (Å²) in [7, 11) is 0. The first kappa shape index (κ1) is 17.0. The van der Waals surface area contributed by atoms with E-state index in [2.05, 4.69) is 17.2 Å². The lowest BCUT2D eigenvalue weighted by molar-refractivity contribution is -0.116. The van der Waals surface area contributed by atoms with Crippen molar-refractivity contribution in [3.05, 3.63) is 75.6 Å². The molecule has 0 bridgehead atoms. The Kier molecular flexibility index (Phi) is 4.98. The number of hydrogen-bond donors (Lipinski definition) is 2. The fourth-order valence-electron chi connectivity index (χ4n) is 2.91. The summed E-state index contributed by atoms with van der Waals surface area (Å²) in [6, 6.07) is 15.6. The van der Waals surface area contributed by atoms with Crippen molar-refractivity contribution < 1.29 is 4.79 Å². The van der Waals surface area contributed by atoms with E-state index in [-0.39, 0.29) is 17.9 Å². The van der Waals surface area contributed by atoms with Gasteiger partial charge in [-0.2, -0.15) is 0 Å². The molecule has 0 spiro atoms. The van der Waals surface area contributed by atoms with Gasteiger partial charge in [0.05, 0.1) is 5.52 Å². The predicted octanol–water partition coefficient (Wildman–Crippen LogP) is 3.97. The molecule has 2 N–H and O–H groups in total. The normalized spacial score (nSPS) is 10.8. The maximum Gasteiger partial charge on any atom is 0.251 e. The van der Waals surface area contributed by atoms with E-state index >= 15 is 0 Å². The minimum Gasteiger partial charge on any atom is -0.326 e. The number of rotatable bonds is 5. The Bertz CT molecular complexity index is 956. The lowest BCUT2D eigenvalue weighted by Gasteiger charge is -2.07. The van der Waals surface area contributed by atoms with Crippen LogP contribution in [0.15, 0.2) is 53.3 Å². The number of aromatic amines is 1. The zero-order valence-electron chi connectivity index (χ0n) is 14.6. The van der Waals surface area contributed by atoms with E-state index in [0.717, 1.165) is 28.6 Å². The van der Waals surface area contributed by atoms with Crippen LogP contribution in [0.1, 0.15) is 30.0 Å². The van der Waals surface area contributed by atoms with Crippen molar-refractivity contribution in [1.29, 1.82) is 0 Å². The standard InChI is InChI=1S/C21H22N2O2/c1-3-15-7-10-18(11-8-15)22-19(24)12-9-17-13-16-6-4-5-14(2)20(16)23-21(17)25/h4-8,10-11,13H,3,9,12H2,1-2H3,(H,22,24)(H,23,25). The minimum atomic E-state index is -0.123. The van der Waals surface area contributed by atoms with Crippen LogP contribution in [0, 0.1) is 6.92 Å². The second-order valence-electron chi connectivity index (χ2n) is 6.26. The summed E-state index contributed by atoms with van der Waals surface area (Å²) in [5, 5.41) is 3.87. The van der Waals surface area contributed by atoms with Crippen LogP contribution in [0.5, 0.6) is 0 Å². The number of carbonyl (C=O) groups is 1. The Morgan fingerprint density at radius 1 is 1.12 bits per heavy atom. The van der Waals surface area contributed by atoms with Crippen LogP contribution in [0.25, 0.3) is 10.9 Å². The molecule has 1 heterocycles. The number of nitrogens with one attached hydrogen (secondary N) is 2. The number of anilines is 1. The zero-order chi connectivity index (χ0) is 17.8. The predicted molar refractivity (Wildman–Crippen MR) is 102 cm³/mol. The highest BCUT2D eigenvalue weighted by atomic mass is 16.1. The van der Waals surface area contributed by atoms with Crippen LogP contribution in [-0.4, -0.2) is 10.9 Å². The van der Waals surface area contributed by atoms with Gasteiger partial charge in [0.15, 0.2) is 0 Å². The molecule has 4 nitrogen and oxygen atoms in total. The number of aromatic nitrogens is 1. The number of benzene rings is 2. The molecule has 1 amide bonds. The third-order valence-electron chi connectivity index (χ3n) is 4.43. The molecular formula is C21H22N2O2. The van der Waals surface area contributed by atoms with Gasteiger partial charge in [-0.25, -0.2) is 0 Å². The van der Waals surface area contributed by atoms with Gasteiger partial charge in [0.2, 0.25) is 5.91 Å². The average Bonchev–Trinajstić information content (AvgIpc) is 2.61. The Morgan fingerprint density at radius 2 is 1.88 bits per heavy atom. The maximum absolute atomic E-state index is 12.2. The summed E-state index contributed by atoms with van der Waals surface area (Å²) >= 11 is 0. The van der Waals surface area contributed by atoms with Gasteiger partial charge in [-0.3, -0.25) is 9.59 Å². The monoisotopic (exact) mass is 334 g/mol. The molecule has 128 valence electrons. The molecular weight excluding hydrogens is 312 g/mol. The van der Waals surface area contributed by atoms with Gasteiger partial charge >= 0.3 is 0 Å². The lowest BCUT2D eigenvalue weighted by atomic mass is 10.1. The molecule has 0 aliphatic rings. The second kappa shape index (κ2) is 7.34. The van der Waals surface area contributed by atoms with Crippen molar-refractivity contribution in [3.8, 4) is 0 Å². The van der Waals surface area contributed by atoms with Crippen molar-refractivity contribution >= 4 is 22.5 Å². The van der Waals surface area contributed by atoms with Gasteiger partial charge in [0.25, 0.3) is 5.56 Å². The molecule has 2 aromatic carbocycles. The Morgan fingerprint density at radius 3 is 2.60 bits per heavy atom. The Hall–Kier alpha value is -2.88. The van der Waals surface area contributed by atoms with Crippen LogP contribution >= 0.6 is 0 Å².